The van der Waals surface area contributed by atoms with Crippen LogP contribution in [0, 0.1) is 5.82 Å². The number of rotatable bonds is 5. The number of carbonyl (C=O) groups excluding carboxylic acids is 1. The molecule has 2 N–H and O–H groups in total. The van der Waals surface area contributed by atoms with E-state index in [1.165, 1.54) is 42.6 Å². The van der Waals surface area contributed by atoms with E-state index in [9.17, 15) is 17.6 Å². The van der Waals surface area contributed by atoms with Crippen LogP contribution in [-0.2, 0) is 10.0 Å². The smallest absolute Gasteiger partial charge is 0.263 e. The van der Waals surface area contributed by atoms with Gasteiger partial charge in [0, 0.05) is 21.7 Å². The highest BCUT2D eigenvalue weighted by atomic mass is 79.9. The molecule has 0 aliphatic carbocycles. The van der Waals surface area contributed by atoms with E-state index >= 15 is 0 Å². The maximum absolute atomic E-state index is 13.8. The van der Waals surface area contributed by atoms with Gasteiger partial charge in [-0.25, -0.2) is 17.8 Å². The first-order chi connectivity index (χ1) is 12.3. The van der Waals surface area contributed by atoms with Gasteiger partial charge in [-0.05, 0) is 42.5 Å². The Bertz CT molecular complexity index is 1040. The molecule has 0 atom stereocenters. The molecular weight excluding hydrogens is 445 g/mol. The Morgan fingerprint density at radius 3 is 2.50 bits per heavy atom. The molecule has 0 spiro atoms. The maximum Gasteiger partial charge on any atom is 0.263 e. The summed E-state index contributed by atoms with van der Waals surface area (Å²) >= 11 is 4.28. The second-order valence-corrected chi connectivity index (χ2v) is 8.54. The summed E-state index contributed by atoms with van der Waals surface area (Å²) in [5, 5.41) is 4.43. The van der Waals surface area contributed by atoms with Crippen molar-refractivity contribution in [1.82, 2.24) is 4.98 Å². The number of benzene rings is 2. The van der Waals surface area contributed by atoms with Gasteiger partial charge < -0.3 is 5.32 Å². The van der Waals surface area contributed by atoms with Crippen molar-refractivity contribution in [2.75, 3.05) is 10.0 Å². The molecule has 26 heavy (non-hydrogen) atoms. The molecule has 0 saturated carbocycles. The van der Waals surface area contributed by atoms with Gasteiger partial charge in [0.15, 0.2) is 5.13 Å². The molecule has 1 amide bonds. The molecule has 0 aliphatic rings. The third-order valence-corrected chi connectivity index (χ3v) is 5.92. The summed E-state index contributed by atoms with van der Waals surface area (Å²) in [6.07, 6.45) is 1.49. The van der Waals surface area contributed by atoms with Crippen LogP contribution in [0.1, 0.15) is 10.4 Å². The van der Waals surface area contributed by atoms with Gasteiger partial charge in [0.25, 0.3) is 15.9 Å². The Balaban J connectivity index is 1.74. The lowest BCUT2D eigenvalue weighted by atomic mass is 10.2. The summed E-state index contributed by atoms with van der Waals surface area (Å²) < 4.78 is 41.2. The fourth-order valence-corrected chi connectivity index (χ4v) is 4.16. The van der Waals surface area contributed by atoms with Crippen LogP contribution in [0.5, 0.6) is 0 Å². The third kappa shape index (κ3) is 4.26. The van der Waals surface area contributed by atoms with Crippen molar-refractivity contribution in [3.63, 3.8) is 0 Å². The predicted octanol–water partition coefficient (Wildman–Crippen LogP) is 4.10. The highest BCUT2D eigenvalue weighted by Gasteiger charge is 2.16. The molecule has 1 aromatic heterocycles. The maximum atomic E-state index is 13.8. The summed E-state index contributed by atoms with van der Waals surface area (Å²) in [6.45, 7) is 0. The number of nitrogens with one attached hydrogen (secondary N) is 2. The van der Waals surface area contributed by atoms with Crippen LogP contribution in [0.15, 0.2) is 63.4 Å². The van der Waals surface area contributed by atoms with Gasteiger partial charge in [0.1, 0.15) is 5.82 Å². The molecule has 10 heteroatoms. The number of aromatic nitrogens is 1. The first-order valence-electron chi connectivity index (χ1n) is 7.14. The van der Waals surface area contributed by atoms with Crippen LogP contribution in [0.4, 0.5) is 15.2 Å². The highest BCUT2D eigenvalue weighted by molar-refractivity contribution is 9.10. The van der Waals surface area contributed by atoms with Crippen LogP contribution < -0.4 is 10.0 Å². The zero-order valence-corrected chi connectivity index (χ0v) is 16.2. The van der Waals surface area contributed by atoms with Crippen LogP contribution in [0.3, 0.4) is 0 Å². The minimum absolute atomic E-state index is 0.0144. The molecule has 2 aromatic carbocycles. The van der Waals surface area contributed by atoms with Crippen molar-refractivity contribution in [3.8, 4) is 0 Å². The molecule has 0 bridgehead atoms. The van der Waals surface area contributed by atoms with Crippen molar-refractivity contribution >= 4 is 54.0 Å². The van der Waals surface area contributed by atoms with E-state index in [0.29, 0.717) is 10.2 Å². The number of nitrogens with zero attached hydrogens (tertiary/aromatic N) is 1. The lowest BCUT2D eigenvalue weighted by molar-refractivity contribution is 0.102. The number of thiazole rings is 1. The standard InChI is InChI=1S/C16H11BrFN3O3S2/c17-10-1-6-13(14(18)9-10)15(22)20-11-2-4-12(5-3-11)26(23,24)21-16-19-7-8-25-16/h1-9H,(H,19,21)(H,20,22). The lowest BCUT2D eigenvalue weighted by Gasteiger charge is -2.08. The zero-order chi connectivity index (χ0) is 18.7. The van der Waals surface area contributed by atoms with Gasteiger partial charge >= 0.3 is 0 Å². The average molecular weight is 456 g/mol. The number of hydrogen-bond acceptors (Lipinski definition) is 5. The summed E-state index contributed by atoms with van der Waals surface area (Å²) in [7, 11) is -3.77. The van der Waals surface area contributed by atoms with Crippen molar-refractivity contribution in [1.29, 1.82) is 0 Å². The number of sulfonamides is 1. The number of anilines is 2. The van der Waals surface area contributed by atoms with Crippen LogP contribution in [0.25, 0.3) is 0 Å². The number of carbonyl (C=O) groups is 1. The molecule has 3 rings (SSSR count). The first kappa shape index (κ1) is 18.5. The topological polar surface area (TPSA) is 88.2 Å². The SMILES string of the molecule is O=C(Nc1ccc(S(=O)(=O)Nc2nccs2)cc1)c1ccc(Br)cc1F. The Morgan fingerprint density at radius 1 is 1.15 bits per heavy atom. The quantitative estimate of drug-likeness (QED) is 0.605. The van der Waals surface area contributed by atoms with Crippen molar-refractivity contribution in [3.05, 3.63) is 69.9 Å². The molecular formula is C16H11BrFN3O3S2. The molecule has 0 radical (unpaired) electrons. The number of hydrogen-bond donors (Lipinski definition) is 2. The Hall–Kier alpha value is -2.30. The number of amides is 1. The molecule has 0 saturated heterocycles. The van der Waals surface area contributed by atoms with Gasteiger partial charge in [-0.3, -0.25) is 9.52 Å². The zero-order valence-electron chi connectivity index (χ0n) is 12.9. The Labute approximate surface area is 161 Å². The minimum Gasteiger partial charge on any atom is -0.322 e. The lowest BCUT2D eigenvalue weighted by Crippen LogP contribution is -2.15. The van der Waals surface area contributed by atoms with E-state index in [-0.39, 0.29) is 15.6 Å². The predicted molar refractivity (Wildman–Crippen MR) is 101 cm³/mol. The van der Waals surface area contributed by atoms with Crippen molar-refractivity contribution < 1.29 is 17.6 Å². The fourth-order valence-electron chi connectivity index (χ4n) is 2.04. The monoisotopic (exact) mass is 455 g/mol. The van der Waals surface area contributed by atoms with Crippen molar-refractivity contribution in [2.24, 2.45) is 0 Å². The minimum atomic E-state index is -3.77. The van der Waals surface area contributed by atoms with E-state index < -0.39 is 21.7 Å². The second-order valence-electron chi connectivity index (χ2n) is 5.05. The summed E-state index contributed by atoms with van der Waals surface area (Å²) in [5.74, 6) is -1.30. The number of halogens is 2. The van der Waals surface area contributed by atoms with E-state index in [1.54, 1.807) is 11.4 Å². The first-order valence-corrected chi connectivity index (χ1v) is 10.3. The molecule has 134 valence electrons. The Kier molecular flexibility index (Phi) is 5.35. The van der Waals surface area contributed by atoms with E-state index in [4.69, 9.17) is 0 Å². The molecule has 0 unspecified atom stereocenters. The highest BCUT2D eigenvalue weighted by Crippen LogP contribution is 2.21. The Morgan fingerprint density at radius 2 is 1.88 bits per heavy atom. The fraction of sp³-hybridized carbons (Fsp3) is 0. The largest absolute Gasteiger partial charge is 0.322 e. The molecule has 6 nitrogen and oxygen atoms in total. The molecule has 3 aromatic rings. The van der Waals surface area contributed by atoms with Gasteiger partial charge in [-0.1, -0.05) is 15.9 Å². The van der Waals surface area contributed by atoms with Gasteiger partial charge in [0.2, 0.25) is 0 Å². The van der Waals surface area contributed by atoms with Gasteiger partial charge in [-0.15, -0.1) is 11.3 Å². The second kappa shape index (κ2) is 7.52. The summed E-state index contributed by atoms with van der Waals surface area (Å²) in [4.78, 5) is 16.0. The molecule has 0 aliphatic heterocycles. The normalized spacial score (nSPS) is 11.2. The summed E-state index contributed by atoms with van der Waals surface area (Å²) in [5.41, 5.74) is 0.223. The summed E-state index contributed by atoms with van der Waals surface area (Å²) in [6, 6.07) is 9.61. The third-order valence-electron chi connectivity index (χ3n) is 3.25. The molecule has 1 heterocycles. The van der Waals surface area contributed by atoms with E-state index in [1.807, 2.05) is 0 Å². The average Bonchev–Trinajstić information content (AvgIpc) is 3.07. The van der Waals surface area contributed by atoms with Gasteiger partial charge in [0.05, 0.1) is 10.5 Å². The van der Waals surface area contributed by atoms with Crippen LogP contribution in [-0.4, -0.2) is 19.3 Å². The van der Waals surface area contributed by atoms with E-state index in [0.717, 1.165) is 11.3 Å². The van der Waals surface area contributed by atoms with Crippen molar-refractivity contribution in [2.45, 2.75) is 4.90 Å². The van der Waals surface area contributed by atoms with E-state index in [2.05, 4.69) is 31.0 Å². The molecule has 0 fully saturated rings. The van der Waals surface area contributed by atoms with Gasteiger partial charge in [-0.2, -0.15) is 0 Å². The van der Waals surface area contributed by atoms with Crippen LogP contribution >= 0.6 is 27.3 Å². The van der Waals surface area contributed by atoms with Crippen LogP contribution in [0.2, 0.25) is 0 Å².